The second-order valence-electron chi connectivity index (χ2n) is 7.03. The maximum Gasteiger partial charge on any atom is 0.329 e. The number of carboxylic acid groups (broad SMARTS) is 1. The van der Waals surface area contributed by atoms with Gasteiger partial charge in [-0.05, 0) is 18.6 Å². The molecule has 258 valence electrons. The van der Waals surface area contributed by atoms with Crippen molar-refractivity contribution in [2.75, 3.05) is 98.2 Å². The number of unbranched alkanes of at least 4 members (excludes halogenated alkanes) is 8. The predicted molar refractivity (Wildman–Crippen MR) is 159 cm³/mol. The normalized spacial score (nSPS) is 8.80. The topological polar surface area (TPSA) is 289 Å². The number of hydrogen-bond donors (Lipinski definition) is 14. The van der Waals surface area contributed by atoms with Crippen molar-refractivity contribution in [1.29, 1.82) is 0 Å². The monoisotopic (exact) mass is 634 g/mol. The Hall–Kier alpha value is -0.700. The van der Waals surface area contributed by atoms with E-state index in [2.05, 4.69) is 12.6 Å². The van der Waals surface area contributed by atoms with Crippen LogP contribution in [0.25, 0.3) is 0 Å². The zero-order valence-corrected chi connectivity index (χ0v) is 25.4. The van der Waals surface area contributed by atoms with E-state index in [1.54, 1.807) is 0 Å². The van der Waals surface area contributed by atoms with Gasteiger partial charge >= 0.3 is 5.97 Å². The molecule has 0 spiro atoms. The van der Waals surface area contributed by atoms with Crippen LogP contribution in [0.4, 0.5) is 0 Å². The van der Waals surface area contributed by atoms with Gasteiger partial charge in [-0.3, -0.25) is 0 Å². The second kappa shape index (κ2) is 77.4. The first kappa shape index (κ1) is 56.1. The average molecular weight is 635 g/mol. The molecule has 0 heterocycles. The zero-order valence-electron chi connectivity index (χ0n) is 24.5. The minimum Gasteiger partial charge on any atom is -0.480 e. The Morgan fingerprint density at radius 2 is 0.659 bits per heavy atom. The molecule has 0 aromatic rings. The van der Waals surface area contributed by atoms with Crippen LogP contribution in [-0.4, -0.2) is 171 Å². The lowest BCUT2D eigenvalue weighted by atomic mass is 10.1. The number of hydrogen-bond acceptors (Lipinski definition) is 15. The van der Waals surface area contributed by atoms with Gasteiger partial charge in [0.15, 0.2) is 0 Å². The van der Waals surface area contributed by atoms with Crippen LogP contribution < -0.4 is 0 Å². The van der Waals surface area contributed by atoms with E-state index in [9.17, 15) is 0 Å². The predicted octanol–water partition coefficient (Wildman–Crippen LogP) is -2.65. The molecule has 0 unspecified atom stereocenters. The Morgan fingerprint density at radius 1 is 0.415 bits per heavy atom. The highest BCUT2D eigenvalue weighted by atomic mass is 32.1. The van der Waals surface area contributed by atoms with E-state index >= 15 is 0 Å². The fraction of sp³-hybridized carbons (Fsp3) is 0.960. The summed E-state index contributed by atoms with van der Waals surface area (Å²) in [5.74, 6) is -0.154. The third-order valence-corrected chi connectivity index (χ3v) is 3.63. The number of carbonyl (C=O) groups is 1. The highest BCUT2D eigenvalue weighted by Crippen LogP contribution is 2.09. The summed E-state index contributed by atoms with van der Waals surface area (Å²) in [6.45, 7) is -0.583. The molecule has 15 nitrogen and oxygen atoms in total. The van der Waals surface area contributed by atoms with E-state index < -0.39 is 12.6 Å². The van der Waals surface area contributed by atoms with Crippen LogP contribution in [0.15, 0.2) is 0 Å². The molecule has 13 N–H and O–H groups in total. The number of aliphatic hydroxyl groups is 12. The summed E-state index contributed by atoms with van der Waals surface area (Å²) in [7, 11) is 0. The summed E-state index contributed by atoms with van der Waals surface area (Å²) in [6.07, 6.45) is 11.8. The second-order valence-corrected chi connectivity index (χ2v) is 7.48. The van der Waals surface area contributed by atoms with E-state index in [1.165, 1.54) is 51.4 Å². The first-order chi connectivity index (χ1) is 19.8. The molecule has 0 saturated heterocycles. The molecule has 0 rings (SSSR count). The minimum absolute atomic E-state index is 0.125. The first-order valence-corrected chi connectivity index (χ1v) is 14.1. The molecule has 0 bridgehead atoms. The van der Waals surface area contributed by atoms with Crippen LogP contribution >= 0.6 is 12.6 Å². The van der Waals surface area contributed by atoms with Gasteiger partial charge in [0.1, 0.15) is 6.61 Å². The Morgan fingerprint density at radius 3 is 0.854 bits per heavy atom. The van der Waals surface area contributed by atoms with Gasteiger partial charge in [-0.2, -0.15) is 12.6 Å². The van der Waals surface area contributed by atoms with E-state index in [0.717, 1.165) is 18.8 Å². The molecule has 41 heavy (non-hydrogen) atoms. The Kier molecular flexibility index (Phi) is 106. The molecule has 0 radical (unpaired) electrons. The van der Waals surface area contributed by atoms with Crippen LogP contribution in [0, 0.1) is 0 Å². The molecule has 0 aliphatic rings. The molecular formula is C25H62O15S. The first-order valence-electron chi connectivity index (χ1n) is 13.5. The third-order valence-electron chi connectivity index (χ3n) is 3.32. The Bertz CT molecular complexity index is 301. The Labute approximate surface area is 250 Å². The van der Waals surface area contributed by atoms with Crippen molar-refractivity contribution in [1.82, 2.24) is 0 Å². The van der Waals surface area contributed by atoms with Crippen molar-refractivity contribution in [3.05, 3.63) is 0 Å². The van der Waals surface area contributed by atoms with Gasteiger partial charge in [-0.15, -0.1) is 0 Å². The van der Waals surface area contributed by atoms with Gasteiger partial charge < -0.3 is 71.1 Å². The number of carboxylic acids is 1. The smallest absolute Gasteiger partial charge is 0.329 e. The number of rotatable bonds is 19. The maximum absolute atomic E-state index is 9.12. The van der Waals surface area contributed by atoms with Gasteiger partial charge in [0.05, 0.1) is 79.3 Å². The van der Waals surface area contributed by atoms with Crippen molar-refractivity contribution >= 4 is 18.6 Å². The van der Waals surface area contributed by atoms with Crippen molar-refractivity contribution in [2.24, 2.45) is 0 Å². The van der Waals surface area contributed by atoms with Gasteiger partial charge in [0.25, 0.3) is 0 Å². The van der Waals surface area contributed by atoms with Crippen molar-refractivity contribution in [2.45, 2.75) is 57.8 Å². The van der Waals surface area contributed by atoms with Crippen LogP contribution in [0.5, 0.6) is 0 Å². The van der Waals surface area contributed by atoms with Crippen LogP contribution in [0.1, 0.15) is 57.8 Å². The van der Waals surface area contributed by atoms with E-state index in [1.807, 2.05) is 0 Å². The summed E-state index contributed by atoms with van der Waals surface area (Å²) in [4.78, 5) is 9.12. The van der Waals surface area contributed by atoms with E-state index in [-0.39, 0.29) is 72.7 Å². The van der Waals surface area contributed by atoms with Crippen LogP contribution in [0.3, 0.4) is 0 Å². The third kappa shape index (κ3) is 147. The molecule has 0 atom stereocenters. The molecular weight excluding hydrogens is 572 g/mol. The summed E-state index contributed by atoms with van der Waals surface area (Å²) < 4.78 is 5.20. The lowest BCUT2D eigenvalue weighted by molar-refractivity contribution is -0.140. The molecule has 0 aromatic carbocycles. The highest BCUT2D eigenvalue weighted by Gasteiger charge is 1.93. The van der Waals surface area contributed by atoms with Gasteiger partial charge in [0, 0.05) is 6.61 Å². The number of ether oxygens (including phenoxy) is 1. The molecule has 16 heteroatoms. The van der Waals surface area contributed by atoms with Gasteiger partial charge in [-0.1, -0.05) is 44.9 Å². The SMILES string of the molecule is O=C(O)CO.OCCO.OCCO.OCCO.OCCO.OCCO.OCCOCCCCCCCCCCCS. The molecule has 0 aliphatic carbocycles. The summed E-state index contributed by atoms with van der Waals surface area (Å²) >= 11 is 4.20. The van der Waals surface area contributed by atoms with Crippen molar-refractivity contribution in [3.63, 3.8) is 0 Å². The minimum atomic E-state index is -1.19. The lowest BCUT2D eigenvalue weighted by Gasteiger charge is -2.03. The van der Waals surface area contributed by atoms with Gasteiger partial charge in [0.2, 0.25) is 0 Å². The van der Waals surface area contributed by atoms with E-state index in [4.69, 9.17) is 75.9 Å². The Balaban J connectivity index is -0.0000000759. The molecule has 0 saturated carbocycles. The van der Waals surface area contributed by atoms with E-state index in [0.29, 0.717) is 6.61 Å². The molecule has 0 amide bonds. The number of aliphatic hydroxyl groups excluding tert-OH is 12. The fourth-order valence-electron chi connectivity index (χ4n) is 1.72. The number of aliphatic carboxylic acids is 1. The van der Waals surface area contributed by atoms with Crippen LogP contribution in [-0.2, 0) is 9.53 Å². The quantitative estimate of drug-likeness (QED) is 0.0510. The zero-order chi connectivity index (χ0) is 33.3. The molecule has 0 aromatic heterocycles. The summed E-state index contributed by atoms with van der Waals surface area (Å²) in [6, 6.07) is 0. The van der Waals surface area contributed by atoms with Crippen LogP contribution in [0.2, 0.25) is 0 Å². The van der Waals surface area contributed by atoms with Crippen molar-refractivity contribution in [3.8, 4) is 0 Å². The molecule has 0 aliphatic heterocycles. The largest absolute Gasteiger partial charge is 0.480 e. The molecule has 0 fully saturated rings. The summed E-state index contributed by atoms with van der Waals surface area (Å²) in [5.41, 5.74) is 0. The van der Waals surface area contributed by atoms with Gasteiger partial charge in [-0.25, -0.2) is 4.79 Å². The lowest BCUT2D eigenvalue weighted by Crippen LogP contribution is -2.00. The highest BCUT2D eigenvalue weighted by molar-refractivity contribution is 7.80. The average Bonchev–Trinajstić information content (AvgIpc) is 3.02. The summed E-state index contributed by atoms with van der Waals surface area (Å²) in [5, 5.41) is 99.8. The maximum atomic E-state index is 9.12. The fourth-order valence-corrected chi connectivity index (χ4v) is 1.94. The standard InChI is InChI=1S/C13H28O2S.C2H4O3.5C2H6O2/c14-10-12-15-11-8-6-4-2-1-3-5-7-9-13-16;3-1-2(4)5;5*3-1-2-4/h14,16H,1-13H2;3H,1H2,(H,4,5);5*3-4H,1-2H2. The number of thiol groups is 1. The van der Waals surface area contributed by atoms with Crippen molar-refractivity contribution < 1.29 is 75.9 Å².